The molecule has 0 spiro atoms. The van der Waals surface area contributed by atoms with E-state index in [1.807, 2.05) is 90.4 Å². The Balaban J connectivity index is 1.75. The lowest BCUT2D eigenvalue weighted by Gasteiger charge is -2.07. The van der Waals surface area contributed by atoms with E-state index in [9.17, 15) is 4.79 Å². The van der Waals surface area contributed by atoms with Crippen molar-refractivity contribution in [3.8, 4) is 0 Å². The number of halogens is 2. The molecule has 0 aliphatic heterocycles. The number of aryl methyl sites for hydroxylation is 1. The molecule has 4 rings (SSSR count). The average molecular weight is 420 g/mol. The molecule has 0 bridgehead atoms. The van der Waals surface area contributed by atoms with E-state index in [1.54, 1.807) is 6.08 Å². The highest BCUT2D eigenvalue weighted by molar-refractivity contribution is 6.36. The predicted octanol–water partition coefficient (Wildman–Crippen LogP) is 7.20. The Kier molecular flexibility index (Phi) is 5.57. The highest BCUT2D eigenvalue weighted by Crippen LogP contribution is 2.32. The number of nitrogens with zero attached hydrogens (tertiary/aromatic N) is 1. The summed E-state index contributed by atoms with van der Waals surface area (Å²) in [6, 6.07) is 23.4. The minimum absolute atomic E-state index is 0.107. The van der Waals surface area contributed by atoms with Crippen molar-refractivity contribution in [3.05, 3.63) is 111 Å². The maximum absolute atomic E-state index is 13.1. The van der Waals surface area contributed by atoms with Crippen LogP contribution < -0.4 is 0 Å². The fraction of sp³-hybridized carbons (Fsp3) is 0.0800. The zero-order valence-electron chi connectivity index (χ0n) is 15.9. The van der Waals surface area contributed by atoms with Crippen LogP contribution in [0.2, 0.25) is 10.2 Å². The number of ketones is 1. The summed E-state index contributed by atoms with van der Waals surface area (Å²) < 4.78 is 1.97. The number of carbonyl (C=O) groups is 1. The highest BCUT2D eigenvalue weighted by atomic mass is 35.5. The molecule has 0 atom stereocenters. The third-order valence-electron chi connectivity index (χ3n) is 5.01. The molecule has 2 nitrogen and oxygen atoms in total. The van der Waals surface area contributed by atoms with Crippen molar-refractivity contribution in [1.29, 1.82) is 0 Å². The summed E-state index contributed by atoms with van der Waals surface area (Å²) in [5.74, 6) is -0.107. The van der Waals surface area contributed by atoms with Crippen LogP contribution in [0.1, 0.15) is 27.0 Å². The van der Waals surface area contributed by atoms with Gasteiger partial charge in [0.25, 0.3) is 0 Å². The molecule has 0 aliphatic rings. The van der Waals surface area contributed by atoms with E-state index in [2.05, 4.69) is 0 Å². The van der Waals surface area contributed by atoms with Gasteiger partial charge in [-0.05, 0) is 47.9 Å². The summed E-state index contributed by atoms with van der Waals surface area (Å²) in [7, 11) is 0. The molecule has 0 fully saturated rings. The summed E-state index contributed by atoms with van der Waals surface area (Å²) >= 11 is 12.7. The van der Waals surface area contributed by atoms with Gasteiger partial charge in [0.1, 0.15) is 5.15 Å². The molecule has 4 heteroatoms. The van der Waals surface area contributed by atoms with Gasteiger partial charge in [0.15, 0.2) is 5.78 Å². The number of fused-ring (bicyclic) bond motifs is 1. The molecule has 0 saturated carbocycles. The zero-order valence-corrected chi connectivity index (χ0v) is 17.4. The molecule has 0 amide bonds. The first kappa shape index (κ1) is 19.5. The minimum atomic E-state index is -0.107. The maximum atomic E-state index is 13.1. The number of allylic oxidation sites excluding steroid dienone is 1. The Labute approximate surface area is 180 Å². The van der Waals surface area contributed by atoms with Crippen LogP contribution in [0.3, 0.4) is 0 Å². The van der Waals surface area contributed by atoms with E-state index < -0.39 is 0 Å². The van der Waals surface area contributed by atoms with Gasteiger partial charge >= 0.3 is 0 Å². The van der Waals surface area contributed by atoms with E-state index in [0.29, 0.717) is 22.3 Å². The standard InChI is InChI=1S/C25H19Cl2NO/c1-17-6-2-3-7-19(17)12-15-23(29)24-21-8-4-5-9-22(21)28(25(24)27)16-18-10-13-20(26)14-11-18/h2-15H,16H2,1H3/b15-12+. The molecular formula is C25H19Cl2NO. The van der Waals surface area contributed by atoms with Crippen LogP contribution in [-0.2, 0) is 6.54 Å². The van der Waals surface area contributed by atoms with Crippen molar-refractivity contribution in [1.82, 2.24) is 4.57 Å². The quantitative estimate of drug-likeness (QED) is 0.247. The lowest BCUT2D eigenvalue weighted by molar-refractivity contribution is 0.104. The van der Waals surface area contributed by atoms with Crippen molar-refractivity contribution in [3.63, 3.8) is 0 Å². The van der Waals surface area contributed by atoms with Gasteiger partial charge in [-0.25, -0.2) is 0 Å². The molecular weight excluding hydrogens is 401 g/mol. The lowest BCUT2D eigenvalue weighted by Crippen LogP contribution is -2.01. The number of benzene rings is 3. The molecule has 0 aliphatic carbocycles. The second-order valence-corrected chi connectivity index (χ2v) is 7.74. The van der Waals surface area contributed by atoms with Crippen LogP contribution in [-0.4, -0.2) is 10.4 Å². The predicted molar refractivity (Wildman–Crippen MR) is 122 cm³/mol. The van der Waals surface area contributed by atoms with Crippen molar-refractivity contribution in [2.75, 3.05) is 0 Å². The Morgan fingerprint density at radius 3 is 2.38 bits per heavy atom. The normalized spacial score (nSPS) is 11.4. The number of carbonyl (C=O) groups excluding carboxylic acids is 1. The van der Waals surface area contributed by atoms with Crippen molar-refractivity contribution >= 4 is 46.0 Å². The molecule has 4 aromatic rings. The zero-order chi connectivity index (χ0) is 20.4. The molecule has 0 saturated heterocycles. The molecule has 0 radical (unpaired) electrons. The van der Waals surface area contributed by atoms with Gasteiger partial charge in [0.2, 0.25) is 0 Å². The molecule has 29 heavy (non-hydrogen) atoms. The fourth-order valence-corrected chi connectivity index (χ4v) is 3.93. The first-order valence-electron chi connectivity index (χ1n) is 9.34. The summed E-state index contributed by atoms with van der Waals surface area (Å²) in [5.41, 5.74) is 4.65. The Hall–Kier alpha value is -2.81. The van der Waals surface area contributed by atoms with Gasteiger partial charge in [-0.1, -0.05) is 83.9 Å². The van der Waals surface area contributed by atoms with Crippen LogP contribution >= 0.6 is 23.2 Å². The third kappa shape index (κ3) is 4.00. The van der Waals surface area contributed by atoms with Crippen molar-refractivity contribution in [2.45, 2.75) is 13.5 Å². The fourth-order valence-electron chi connectivity index (χ4n) is 3.46. The average Bonchev–Trinajstić information content (AvgIpc) is 3.00. The Morgan fingerprint density at radius 2 is 1.62 bits per heavy atom. The van der Waals surface area contributed by atoms with Crippen LogP contribution in [0.25, 0.3) is 17.0 Å². The summed E-state index contributed by atoms with van der Waals surface area (Å²) in [4.78, 5) is 13.1. The van der Waals surface area contributed by atoms with Gasteiger partial charge in [-0.2, -0.15) is 0 Å². The van der Waals surface area contributed by atoms with Crippen molar-refractivity contribution < 1.29 is 4.79 Å². The Morgan fingerprint density at radius 1 is 0.931 bits per heavy atom. The lowest BCUT2D eigenvalue weighted by atomic mass is 10.1. The van der Waals surface area contributed by atoms with Crippen LogP contribution in [0, 0.1) is 6.92 Å². The third-order valence-corrected chi connectivity index (χ3v) is 5.66. The number of aromatic nitrogens is 1. The molecule has 0 N–H and O–H groups in total. The number of hydrogen-bond acceptors (Lipinski definition) is 1. The van der Waals surface area contributed by atoms with Crippen LogP contribution in [0.5, 0.6) is 0 Å². The van der Waals surface area contributed by atoms with E-state index in [1.165, 1.54) is 0 Å². The Bertz CT molecular complexity index is 1220. The first-order valence-corrected chi connectivity index (χ1v) is 10.1. The van der Waals surface area contributed by atoms with Crippen molar-refractivity contribution in [2.24, 2.45) is 0 Å². The first-order chi connectivity index (χ1) is 14.0. The number of para-hydroxylation sites is 1. The maximum Gasteiger partial charge on any atom is 0.189 e. The van der Waals surface area contributed by atoms with E-state index in [4.69, 9.17) is 23.2 Å². The molecule has 3 aromatic carbocycles. The van der Waals surface area contributed by atoms with E-state index in [-0.39, 0.29) is 5.78 Å². The SMILES string of the molecule is Cc1ccccc1/C=C/C(=O)c1c(Cl)n(Cc2ccc(Cl)cc2)c2ccccc12. The molecule has 144 valence electrons. The second kappa shape index (κ2) is 8.28. The van der Waals surface area contributed by atoms with Crippen LogP contribution in [0.15, 0.2) is 78.9 Å². The van der Waals surface area contributed by atoms with E-state index in [0.717, 1.165) is 27.6 Å². The monoisotopic (exact) mass is 419 g/mol. The second-order valence-electron chi connectivity index (χ2n) is 6.95. The minimum Gasteiger partial charge on any atom is -0.327 e. The van der Waals surface area contributed by atoms with Gasteiger partial charge in [0.05, 0.1) is 11.1 Å². The van der Waals surface area contributed by atoms with Crippen LogP contribution in [0.4, 0.5) is 0 Å². The van der Waals surface area contributed by atoms with Gasteiger partial charge in [-0.15, -0.1) is 0 Å². The van der Waals surface area contributed by atoms with Gasteiger partial charge in [0, 0.05) is 17.0 Å². The number of rotatable bonds is 5. The molecule has 0 unspecified atom stereocenters. The van der Waals surface area contributed by atoms with Gasteiger partial charge < -0.3 is 4.57 Å². The molecule has 1 heterocycles. The summed E-state index contributed by atoms with van der Waals surface area (Å²) in [6.07, 6.45) is 3.45. The highest BCUT2D eigenvalue weighted by Gasteiger charge is 2.20. The topological polar surface area (TPSA) is 22.0 Å². The summed E-state index contributed by atoms with van der Waals surface area (Å²) in [5, 5.41) is 1.99. The van der Waals surface area contributed by atoms with E-state index >= 15 is 0 Å². The van der Waals surface area contributed by atoms with Gasteiger partial charge in [-0.3, -0.25) is 4.79 Å². The molecule has 1 aromatic heterocycles. The summed E-state index contributed by atoms with van der Waals surface area (Å²) in [6.45, 7) is 2.58. The smallest absolute Gasteiger partial charge is 0.189 e. The largest absolute Gasteiger partial charge is 0.327 e. The number of hydrogen-bond donors (Lipinski definition) is 0.